The largest absolute Gasteiger partial charge is 0.465 e. The Morgan fingerprint density at radius 2 is 2.29 bits per heavy atom. The van der Waals surface area contributed by atoms with Crippen LogP contribution in [0.1, 0.15) is 13.3 Å². The molecule has 1 amide bonds. The second-order valence-electron chi connectivity index (χ2n) is 3.86. The zero-order chi connectivity index (χ0) is 13.1. The number of nitrogens with zero attached hydrogens (tertiary/aromatic N) is 1. The van der Waals surface area contributed by atoms with Crippen LogP contribution in [0.5, 0.6) is 0 Å². The van der Waals surface area contributed by atoms with E-state index in [1.54, 1.807) is 6.92 Å². The van der Waals surface area contributed by atoms with Crippen molar-refractivity contribution in [2.45, 2.75) is 13.3 Å². The lowest BCUT2D eigenvalue weighted by Crippen LogP contribution is -2.41. The second kappa shape index (κ2) is 4.99. The van der Waals surface area contributed by atoms with E-state index in [2.05, 4.69) is 6.58 Å². The molecule has 0 spiro atoms. The maximum atomic E-state index is 11.9. The number of hydrogen-bond donors (Lipinski definition) is 1. The highest BCUT2D eigenvalue weighted by atomic mass is 16.5. The molecule has 0 radical (unpaired) electrons. The molecular weight excluding hydrogens is 226 g/mol. The normalized spacial score (nSPS) is 23.6. The molecule has 1 rings (SSSR count). The molecule has 6 nitrogen and oxygen atoms in total. The Hall–Kier alpha value is -1.85. The van der Waals surface area contributed by atoms with Crippen LogP contribution >= 0.6 is 0 Å². The van der Waals surface area contributed by atoms with Crippen molar-refractivity contribution in [3.8, 4) is 0 Å². The van der Waals surface area contributed by atoms with Gasteiger partial charge in [0.1, 0.15) is 5.41 Å². The average Bonchev–Trinajstić information content (AvgIpc) is 2.59. The fourth-order valence-corrected chi connectivity index (χ4v) is 1.89. The molecule has 0 aromatic rings. The van der Waals surface area contributed by atoms with Gasteiger partial charge in [0, 0.05) is 6.54 Å². The van der Waals surface area contributed by atoms with Crippen LogP contribution in [0, 0.1) is 5.41 Å². The quantitative estimate of drug-likeness (QED) is 0.444. The van der Waals surface area contributed by atoms with Gasteiger partial charge in [-0.05, 0) is 13.3 Å². The standard InChI is InChI=1S/C11H15NO5/c1-3-5-11(9(14)17-4-2)7-12(10(15)16)6-8(11)13/h3H,1,4-7H2,2H3,(H,15,16). The van der Waals surface area contributed by atoms with Crippen LogP contribution in [0.3, 0.4) is 0 Å². The maximum absolute atomic E-state index is 11.9. The molecule has 1 aliphatic heterocycles. The molecule has 0 aromatic heterocycles. The molecule has 17 heavy (non-hydrogen) atoms. The maximum Gasteiger partial charge on any atom is 0.407 e. The number of likely N-dealkylation sites (tertiary alicyclic amines) is 1. The molecule has 0 bridgehead atoms. The van der Waals surface area contributed by atoms with Crippen LogP contribution in [0.2, 0.25) is 0 Å². The predicted octanol–water partition coefficient (Wildman–Crippen LogP) is 0.675. The molecule has 1 aliphatic rings. The van der Waals surface area contributed by atoms with Crippen LogP contribution in [-0.4, -0.2) is 47.5 Å². The molecule has 1 fully saturated rings. The number of ether oxygens (including phenoxy) is 1. The third-order valence-electron chi connectivity index (χ3n) is 2.76. The average molecular weight is 241 g/mol. The summed E-state index contributed by atoms with van der Waals surface area (Å²) in [6.45, 7) is 4.84. The lowest BCUT2D eigenvalue weighted by Gasteiger charge is -2.23. The molecule has 94 valence electrons. The Morgan fingerprint density at radius 3 is 2.71 bits per heavy atom. The third-order valence-corrected chi connectivity index (χ3v) is 2.76. The molecule has 1 N–H and O–H groups in total. The van der Waals surface area contributed by atoms with Crippen LogP contribution in [-0.2, 0) is 14.3 Å². The van der Waals surface area contributed by atoms with Gasteiger partial charge >= 0.3 is 12.1 Å². The number of Topliss-reactive ketones (excluding diaryl/α,β-unsaturated/α-hetero) is 1. The summed E-state index contributed by atoms with van der Waals surface area (Å²) in [4.78, 5) is 35.4. The summed E-state index contributed by atoms with van der Waals surface area (Å²) in [5.74, 6) is -1.10. The van der Waals surface area contributed by atoms with Gasteiger partial charge in [-0.3, -0.25) is 14.5 Å². The molecule has 1 heterocycles. The molecule has 6 heteroatoms. The van der Waals surface area contributed by atoms with E-state index in [9.17, 15) is 14.4 Å². The number of esters is 1. The Morgan fingerprint density at radius 1 is 1.65 bits per heavy atom. The van der Waals surface area contributed by atoms with E-state index in [4.69, 9.17) is 9.84 Å². The minimum Gasteiger partial charge on any atom is -0.465 e. The zero-order valence-electron chi connectivity index (χ0n) is 9.64. The number of hydrogen-bond acceptors (Lipinski definition) is 4. The van der Waals surface area contributed by atoms with Crippen molar-refractivity contribution in [3.05, 3.63) is 12.7 Å². The third kappa shape index (κ3) is 2.30. The van der Waals surface area contributed by atoms with E-state index in [1.165, 1.54) is 6.08 Å². The van der Waals surface area contributed by atoms with Crippen molar-refractivity contribution in [1.29, 1.82) is 0 Å². The van der Waals surface area contributed by atoms with Gasteiger partial charge in [0.15, 0.2) is 5.78 Å². The number of carbonyl (C=O) groups excluding carboxylic acids is 2. The molecular formula is C11H15NO5. The summed E-state index contributed by atoms with van der Waals surface area (Å²) < 4.78 is 4.85. The monoisotopic (exact) mass is 241 g/mol. The lowest BCUT2D eigenvalue weighted by molar-refractivity contribution is -0.157. The Bertz CT molecular complexity index is 365. The van der Waals surface area contributed by atoms with Crippen LogP contribution in [0.15, 0.2) is 12.7 Å². The number of allylic oxidation sites excluding steroid dienone is 1. The molecule has 0 saturated carbocycles. The highest BCUT2D eigenvalue weighted by Crippen LogP contribution is 2.33. The summed E-state index contributed by atoms with van der Waals surface area (Å²) in [7, 11) is 0. The fourth-order valence-electron chi connectivity index (χ4n) is 1.89. The molecule has 1 unspecified atom stereocenters. The van der Waals surface area contributed by atoms with Crippen molar-refractivity contribution in [2.24, 2.45) is 5.41 Å². The first-order valence-corrected chi connectivity index (χ1v) is 5.27. The Balaban J connectivity index is 3.00. The summed E-state index contributed by atoms with van der Waals surface area (Å²) in [6, 6.07) is 0. The highest BCUT2D eigenvalue weighted by Gasteiger charge is 2.53. The van der Waals surface area contributed by atoms with E-state index >= 15 is 0 Å². The van der Waals surface area contributed by atoms with Crippen LogP contribution < -0.4 is 0 Å². The fraction of sp³-hybridized carbons (Fsp3) is 0.545. The first kappa shape index (κ1) is 13.2. The lowest BCUT2D eigenvalue weighted by atomic mass is 9.82. The number of amides is 1. The van der Waals surface area contributed by atoms with Gasteiger partial charge in [0.05, 0.1) is 13.2 Å². The van der Waals surface area contributed by atoms with E-state index in [0.29, 0.717) is 0 Å². The van der Waals surface area contributed by atoms with Gasteiger partial charge in [-0.2, -0.15) is 0 Å². The Kier molecular flexibility index (Phi) is 3.88. The minimum atomic E-state index is -1.41. The smallest absolute Gasteiger partial charge is 0.407 e. The summed E-state index contributed by atoms with van der Waals surface area (Å²) in [6.07, 6.45) is 0.308. The van der Waals surface area contributed by atoms with Crippen molar-refractivity contribution < 1.29 is 24.2 Å². The first-order valence-electron chi connectivity index (χ1n) is 5.27. The van der Waals surface area contributed by atoms with Gasteiger partial charge in [0.25, 0.3) is 0 Å². The summed E-state index contributed by atoms with van der Waals surface area (Å²) in [5.41, 5.74) is -1.41. The van der Waals surface area contributed by atoms with Crippen LogP contribution in [0.4, 0.5) is 4.79 Å². The van der Waals surface area contributed by atoms with Crippen molar-refractivity contribution >= 4 is 17.8 Å². The summed E-state index contributed by atoms with van der Waals surface area (Å²) in [5, 5.41) is 8.84. The van der Waals surface area contributed by atoms with E-state index in [1.807, 2.05) is 0 Å². The van der Waals surface area contributed by atoms with Gasteiger partial charge < -0.3 is 9.84 Å². The molecule has 1 atom stereocenters. The van der Waals surface area contributed by atoms with Crippen molar-refractivity contribution in [1.82, 2.24) is 4.90 Å². The van der Waals surface area contributed by atoms with Gasteiger partial charge in [0.2, 0.25) is 0 Å². The molecule has 0 aromatic carbocycles. The van der Waals surface area contributed by atoms with E-state index in [0.717, 1.165) is 4.90 Å². The zero-order valence-corrected chi connectivity index (χ0v) is 9.64. The number of ketones is 1. The number of carbonyl (C=O) groups is 3. The number of rotatable bonds is 4. The topological polar surface area (TPSA) is 83.9 Å². The first-order chi connectivity index (χ1) is 7.97. The highest BCUT2D eigenvalue weighted by molar-refractivity contribution is 6.08. The minimum absolute atomic E-state index is 0.0917. The van der Waals surface area contributed by atoms with Crippen LogP contribution in [0.25, 0.3) is 0 Å². The van der Waals surface area contributed by atoms with E-state index < -0.39 is 23.3 Å². The van der Waals surface area contributed by atoms with Gasteiger partial charge in [-0.25, -0.2) is 4.79 Å². The van der Waals surface area contributed by atoms with Crippen molar-refractivity contribution in [2.75, 3.05) is 19.7 Å². The predicted molar refractivity (Wildman–Crippen MR) is 58.5 cm³/mol. The second-order valence-corrected chi connectivity index (χ2v) is 3.86. The van der Waals surface area contributed by atoms with E-state index in [-0.39, 0.29) is 26.1 Å². The van der Waals surface area contributed by atoms with Gasteiger partial charge in [-0.15, -0.1) is 6.58 Å². The number of carboxylic acid groups (broad SMARTS) is 1. The van der Waals surface area contributed by atoms with Crippen molar-refractivity contribution in [3.63, 3.8) is 0 Å². The Labute approximate surface area is 98.8 Å². The summed E-state index contributed by atoms with van der Waals surface area (Å²) >= 11 is 0. The SMILES string of the molecule is C=CCC1(C(=O)OCC)CN(C(=O)O)CC1=O. The van der Waals surface area contributed by atoms with Gasteiger partial charge in [-0.1, -0.05) is 6.08 Å². The molecule has 1 saturated heterocycles. The molecule has 0 aliphatic carbocycles.